The van der Waals surface area contributed by atoms with Gasteiger partial charge in [-0.1, -0.05) is 43.7 Å². The lowest BCUT2D eigenvalue weighted by molar-refractivity contribution is -0.575. The minimum Gasteiger partial charge on any atom is -0.502 e. The topological polar surface area (TPSA) is 79.3 Å². The smallest absolute Gasteiger partial charge is 0.288 e. The molecule has 0 saturated carbocycles. The van der Waals surface area contributed by atoms with Gasteiger partial charge in [-0.3, -0.25) is 10.1 Å². The Morgan fingerprint density at radius 1 is 1.13 bits per heavy atom. The molecular formula is C23H21ClN3O3S+. The van der Waals surface area contributed by atoms with Crippen LogP contribution < -0.4 is 9.88 Å². The number of nitro benzene ring substituents is 1. The molecule has 0 radical (unpaired) electrons. The monoisotopic (exact) mass is 454 g/mol. The number of anilines is 1. The van der Waals surface area contributed by atoms with Gasteiger partial charge in [0.25, 0.3) is 11.4 Å². The van der Waals surface area contributed by atoms with Crippen LogP contribution in [0.3, 0.4) is 0 Å². The third-order valence-corrected chi connectivity index (χ3v) is 5.18. The number of halogens is 1. The maximum Gasteiger partial charge on any atom is 0.288 e. The number of rotatable bonds is 6. The van der Waals surface area contributed by atoms with E-state index in [4.69, 9.17) is 23.8 Å². The maximum atomic E-state index is 11.1. The Kier molecular flexibility index (Phi) is 6.99. The molecule has 1 aromatic heterocycles. The first-order valence-corrected chi connectivity index (χ1v) is 10.3. The van der Waals surface area contributed by atoms with Gasteiger partial charge in [0, 0.05) is 40.5 Å². The highest BCUT2D eigenvalue weighted by molar-refractivity contribution is 7.81. The molecule has 0 amide bonds. The van der Waals surface area contributed by atoms with Crippen LogP contribution in [0.5, 0.6) is 0 Å². The summed E-state index contributed by atoms with van der Waals surface area (Å²) in [6.07, 6.45) is 3.64. The number of non-ortho nitro benzene ring substituents is 1. The standard InChI is InChI=1S/C23H20ClN3O3S/c1-15(2)16-10-12-26(13-11-16)21(23(31)25-19-5-3-4-18(24)14-19)22(28)17-6-8-20(9-7-17)27(29)30/h3-15H,1-2H3,(H-,25,28,31)/p+1. The van der Waals surface area contributed by atoms with Gasteiger partial charge in [-0.2, -0.15) is 4.57 Å². The molecule has 0 aliphatic carbocycles. The minimum atomic E-state index is -0.490. The zero-order valence-corrected chi connectivity index (χ0v) is 18.5. The van der Waals surface area contributed by atoms with Crippen molar-refractivity contribution in [2.75, 3.05) is 5.32 Å². The van der Waals surface area contributed by atoms with E-state index in [2.05, 4.69) is 19.2 Å². The molecular weight excluding hydrogens is 434 g/mol. The fourth-order valence-corrected chi connectivity index (χ4v) is 3.46. The molecule has 6 nitrogen and oxygen atoms in total. The lowest BCUT2D eigenvalue weighted by Crippen LogP contribution is -2.38. The summed E-state index contributed by atoms with van der Waals surface area (Å²) in [5.41, 5.74) is 2.48. The Labute approximate surface area is 190 Å². The molecule has 0 aliphatic rings. The van der Waals surface area contributed by atoms with Crippen LogP contribution >= 0.6 is 23.8 Å². The fraction of sp³-hybridized carbons (Fsp3) is 0.130. The van der Waals surface area contributed by atoms with E-state index in [-0.39, 0.29) is 16.4 Å². The molecule has 31 heavy (non-hydrogen) atoms. The average molecular weight is 455 g/mol. The van der Waals surface area contributed by atoms with E-state index in [9.17, 15) is 15.2 Å². The lowest BCUT2D eigenvalue weighted by atomic mass is 10.1. The zero-order chi connectivity index (χ0) is 22.5. The van der Waals surface area contributed by atoms with Gasteiger partial charge in [0.05, 0.1) is 4.92 Å². The van der Waals surface area contributed by atoms with Crippen LogP contribution in [0, 0.1) is 10.1 Å². The molecule has 8 heteroatoms. The third-order valence-electron chi connectivity index (χ3n) is 4.65. The van der Waals surface area contributed by atoms with E-state index in [0.717, 1.165) is 5.56 Å². The van der Waals surface area contributed by atoms with Gasteiger partial charge in [0.2, 0.25) is 0 Å². The molecule has 0 bridgehead atoms. The highest BCUT2D eigenvalue weighted by Gasteiger charge is 2.24. The molecule has 0 fully saturated rings. The third kappa shape index (κ3) is 5.45. The van der Waals surface area contributed by atoms with E-state index in [1.807, 2.05) is 30.6 Å². The predicted molar refractivity (Wildman–Crippen MR) is 127 cm³/mol. The number of aliphatic hydroxyl groups excluding tert-OH is 1. The van der Waals surface area contributed by atoms with Crippen LogP contribution in [0.4, 0.5) is 11.4 Å². The van der Waals surface area contributed by atoms with Gasteiger partial charge in [0.15, 0.2) is 23.1 Å². The fourth-order valence-electron chi connectivity index (χ4n) is 2.95. The van der Waals surface area contributed by atoms with Crippen molar-refractivity contribution in [3.05, 3.63) is 99.3 Å². The molecule has 1 heterocycles. The molecule has 0 unspecified atom stereocenters. The second kappa shape index (κ2) is 9.68. The van der Waals surface area contributed by atoms with E-state index < -0.39 is 4.92 Å². The maximum absolute atomic E-state index is 11.1. The van der Waals surface area contributed by atoms with Gasteiger partial charge >= 0.3 is 0 Å². The second-order valence-corrected chi connectivity index (χ2v) is 8.00. The van der Waals surface area contributed by atoms with Gasteiger partial charge < -0.3 is 10.4 Å². The molecule has 3 rings (SSSR count). The molecule has 158 valence electrons. The number of hydrogen-bond donors (Lipinski definition) is 2. The minimum absolute atomic E-state index is 0.0633. The van der Waals surface area contributed by atoms with Gasteiger partial charge in [0.1, 0.15) is 0 Å². The summed E-state index contributed by atoms with van der Waals surface area (Å²) < 4.78 is 1.71. The van der Waals surface area contributed by atoms with Crippen molar-refractivity contribution in [1.82, 2.24) is 0 Å². The van der Waals surface area contributed by atoms with Gasteiger partial charge in [-0.25, -0.2) is 0 Å². The largest absolute Gasteiger partial charge is 0.502 e. The molecule has 0 atom stereocenters. The Bertz CT molecular complexity index is 1140. The van der Waals surface area contributed by atoms with E-state index in [0.29, 0.717) is 27.9 Å². The molecule has 2 aromatic carbocycles. The number of nitrogens with one attached hydrogen (secondary N) is 1. The van der Waals surface area contributed by atoms with Crippen LogP contribution in [0.25, 0.3) is 11.5 Å². The quantitative estimate of drug-likeness (QED) is 0.119. The van der Waals surface area contributed by atoms with Crippen LogP contribution in [0.1, 0.15) is 30.9 Å². The summed E-state index contributed by atoms with van der Waals surface area (Å²) in [7, 11) is 0. The van der Waals surface area contributed by atoms with Crippen molar-refractivity contribution >= 4 is 51.6 Å². The summed E-state index contributed by atoms with van der Waals surface area (Å²) >= 11 is 11.7. The number of aromatic nitrogens is 1. The SMILES string of the molecule is CC(C)c1cc[n+](/C(C(=S)Nc2cccc(Cl)c2)=C(/O)c2ccc([N+](=O)[O-])cc2)cc1. The first kappa shape index (κ1) is 22.4. The van der Waals surface area contributed by atoms with Crippen LogP contribution in [-0.2, 0) is 0 Å². The first-order chi connectivity index (χ1) is 14.8. The van der Waals surface area contributed by atoms with Crippen LogP contribution in [-0.4, -0.2) is 15.0 Å². The van der Waals surface area contributed by atoms with E-state index in [1.165, 1.54) is 24.3 Å². The highest BCUT2D eigenvalue weighted by atomic mass is 35.5. The average Bonchev–Trinajstić information content (AvgIpc) is 2.74. The summed E-state index contributed by atoms with van der Waals surface area (Å²) in [4.78, 5) is 10.7. The van der Waals surface area contributed by atoms with Crippen molar-refractivity contribution < 1.29 is 14.6 Å². The van der Waals surface area contributed by atoms with E-state index in [1.54, 1.807) is 22.8 Å². The summed E-state index contributed by atoms with van der Waals surface area (Å²) in [5, 5.41) is 25.7. The number of hydrogen-bond acceptors (Lipinski definition) is 4. The van der Waals surface area contributed by atoms with Gasteiger partial charge in [-0.05, 0) is 41.8 Å². The van der Waals surface area contributed by atoms with Crippen molar-refractivity contribution in [3.63, 3.8) is 0 Å². The number of pyridine rings is 1. The van der Waals surface area contributed by atoms with Crippen molar-refractivity contribution in [1.29, 1.82) is 0 Å². The first-order valence-electron chi connectivity index (χ1n) is 9.53. The number of thiocarbonyl (C=S) groups is 1. The normalized spacial score (nSPS) is 11.7. The van der Waals surface area contributed by atoms with E-state index >= 15 is 0 Å². The predicted octanol–water partition coefficient (Wildman–Crippen LogP) is 5.98. The lowest BCUT2D eigenvalue weighted by Gasteiger charge is -2.11. The molecule has 0 saturated heterocycles. The van der Waals surface area contributed by atoms with Crippen molar-refractivity contribution in [3.8, 4) is 0 Å². The number of nitrogens with zero attached hydrogens (tertiary/aromatic N) is 2. The summed E-state index contributed by atoms with van der Waals surface area (Å²) in [6, 6.07) is 16.6. The summed E-state index contributed by atoms with van der Waals surface area (Å²) in [6.45, 7) is 4.19. The molecule has 0 spiro atoms. The zero-order valence-electron chi connectivity index (χ0n) is 16.9. The molecule has 3 aromatic rings. The highest BCUT2D eigenvalue weighted by Crippen LogP contribution is 2.23. The summed E-state index contributed by atoms with van der Waals surface area (Å²) in [5.74, 6) is 0.235. The molecule has 2 N–H and O–H groups in total. The van der Waals surface area contributed by atoms with Crippen molar-refractivity contribution in [2.45, 2.75) is 19.8 Å². The Morgan fingerprint density at radius 2 is 1.77 bits per heavy atom. The number of nitro groups is 1. The number of benzene rings is 2. The Morgan fingerprint density at radius 3 is 2.32 bits per heavy atom. The van der Waals surface area contributed by atoms with Gasteiger partial charge in [-0.15, -0.1) is 0 Å². The number of aliphatic hydroxyl groups is 1. The second-order valence-electron chi connectivity index (χ2n) is 7.16. The Hall–Kier alpha value is -3.29. The van der Waals surface area contributed by atoms with Crippen LogP contribution in [0.15, 0.2) is 73.1 Å². The van der Waals surface area contributed by atoms with Crippen LogP contribution in [0.2, 0.25) is 5.02 Å². The Balaban J connectivity index is 2.07. The van der Waals surface area contributed by atoms with Crippen molar-refractivity contribution in [2.24, 2.45) is 0 Å². The molecule has 0 aliphatic heterocycles.